The lowest BCUT2D eigenvalue weighted by atomic mass is 9.68. The summed E-state index contributed by atoms with van der Waals surface area (Å²) < 4.78 is 0. The standard InChI is InChI=1S/C15H21NO/c17-15(13-8-2-1-3-9-13)10-4-6-12-7-5-11-16-14(12)15/h1-3,8-9,12,14,16-17H,4-7,10-11H2. The van der Waals surface area contributed by atoms with Crippen LogP contribution in [-0.4, -0.2) is 17.7 Å². The summed E-state index contributed by atoms with van der Waals surface area (Å²) in [4.78, 5) is 0. The van der Waals surface area contributed by atoms with E-state index in [4.69, 9.17) is 0 Å². The lowest BCUT2D eigenvalue weighted by Gasteiger charge is -2.48. The molecule has 0 amide bonds. The van der Waals surface area contributed by atoms with E-state index in [-0.39, 0.29) is 6.04 Å². The molecule has 17 heavy (non-hydrogen) atoms. The minimum Gasteiger partial charge on any atom is -0.384 e. The largest absolute Gasteiger partial charge is 0.384 e. The van der Waals surface area contributed by atoms with E-state index < -0.39 is 5.60 Å². The summed E-state index contributed by atoms with van der Waals surface area (Å²) in [5.41, 5.74) is 0.439. The molecule has 0 bridgehead atoms. The van der Waals surface area contributed by atoms with Crippen LogP contribution in [0.3, 0.4) is 0 Å². The number of hydrogen-bond donors (Lipinski definition) is 2. The Hall–Kier alpha value is -0.860. The molecule has 0 spiro atoms. The van der Waals surface area contributed by atoms with Gasteiger partial charge in [-0.05, 0) is 50.1 Å². The number of benzene rings is 1. The minimum atomic E-state index is -0.648. The highest BCUT2D eigenvalue weighted by atomic mass is 16.3. The summed E-state index contributed by atoms with van der Waals surface area (Å²) in [6, 6.07) is 10.5. The fourth-order valence-electron chi connectivity index (χ4n) is 3.66. The monoisotopic (exact) mass is 231 g/mol. The Labute approximate surface area is 103 Å². The number of nitrogens with one attached hydrogen (secondary N) is 1. The van der Waals surface area contributed by atoms with Gasteiger partial charge in [-0.3, -0.25) is 0 Å². The van der Waals surface area contributed by atoms with E-state index in [9.17, 15) is 5.11 Å². The van der Waals surface area contributed by atoms with Crippen LogP contribution in [0.4, 0.5) is 0 Å². The lowest BCUT2D eigenvalue weighted by Crippen LogP contribution is -2.57. The van der Waals surface area contributed by atoms with Crippen molar-refractivity contribution < 1.29 is 5.11 Å². The predicted molar refractivity (Wildman–Crippen MR) is 68.7 cm³/mol. The smallest absolute Gasteiger partial charge is 0.105 e. The van der Waals surface area contributed by atoms with E-state index in [1.807, 2.05) is 18.2 Å². The van der Waals surface area contributed by atoms with Crippen LogP contribution >= 0.6 is 0 Å². The molecule has 1 aliphatic carbocycles. The van der Waals surface area contributed by atoms with Crippen LogP contribution in [-0.2, 0) is 5.60 Å². The maximum Gasteiger partial charge on any atom is 0.105 e. The lowest BCUT2D eigenvalue weighted by molar-refractivity contribution is -0.0646. The Kier molecular flexibility index (Phi) is 2.93. The average molecular weight is 231 g/mol. The molecule has 1 aromatic carbocycles. The molecule has 1 heterocycles. The van der Waals surface area contributed by atoms with Crippen molar-refractivity contribution in [2.75, 3.05) is 6.54 Å². The molecule has 2 aliphatic rings. The number of hydrogen-bond acceptors (Lipinski definition) is 2. The Morgan fingerprint density at radius 2 is 1.88 bits per heavy atom. The summed E-state index contributed by atoms with van der Waals surface area (Å²) in [5.74, 6) is 0.655. The van der Waals surface area contributed by atoms with E-state index in [0.717, 1.165) is 24.9 Å². The van der Waals surface area contributed by atoms with Gasteiger partial charge in [-0.25, -0.2) is 0 Å². The number of fused-ring (bicyclic) bond motifs is 1. The van der Waals surface area contributed by atoms with Gasteiger partial charge in [-0.15, -0.1) is 0 Å². The average Bonchev–Trinajstić information content (AvgIpc) is 2.40. The summed E-state index contributed by atoms with van der Waals surface area (Å²) in [5, 5.41) is 14.6. The molecular formula is C15H21NO. The highest BCUT2D eigenvalue weighted by molar-refractivity contribution is 5.26. The summed E-state index contributed by atoms with van der Waals surface area (Å²) >= 11 is 0. The third-order valence-corrected chi connectivity index (χ3v) is 4.51. The molecule has 1 saturated carbocycles. The van der Waals surface area contributed by atoms with Crippen molar-refractivity contribution in [3.63, 3.8) is 0 Å². The van der Waals surface area contributed by atoms with Gasteiger partial charge in [0, 0.05) is 6.04 Å². The van der Waals surface area contributed by atoms with Crippen LogP contribution in [0.15, 0.2) is 30.3 Å². The molecule has 2 heteroatoms. The topological polar surface area (TPSA) is 32.3 Å². The molecule has 2 fully saturated rings. The minimum absolute atomic E-state index is 0.257. The van der Waals surface area contributed by atoms with E-state index in [1.165, 1.54) is 19.3 Å². The highest BCUT2D eigenvalue weighted by Crippen LogP contribution is 2.42. The molecule has 3 unspecified atom stereocenters. The molecule has 0 radical (unpaired) electrons. The predicted octanol–water partition coefficient (Wildman–Crippen LogP) is 2.43. The highest BCUT2D eigenvalue weighted by Gasteiger charge is 2.45. The summed E-state index contributed by atoms with van der Waals surface area (Å²) in [7, 11) is 0. The van der Waals surface area contributed by atoms with Crippen molar-refractivity contribution in [3.8, 4) is 0 Å². The molecule has 1 aliphatic heterocycles. The Balaban J connectivity index is 1.94. The first-order chi connectivity index (χ1) is 8.31. The normalized spacial score (nSPS) is 37.5. The summed E-state index contributed by atoms with van der Waals surface area (Å²) in [6.07, 6.45) is 5.84. The Morgan fingerprint density at radius 3 is 2.71 bits per heavy atom. The molecule has 3 atom stereocenters. The van der Waals surface area contributed by atoms with E-state index in [0.29, 0.717) is 5.92 Å². The maximum atomic E-state index is 11.1. The van der Waals surface area contributed by atoms with Crippen molar-refractivity contribution in [2.24, 2.45) is 5.92 Å². The third kappa shape index (κ3) is 1.90. The van der Waals surface area contributed by atoms with E-state index in [2.05, 4.69) is 17.4 Å². The fraction of sp³-hybridized carbons (Fsp3) is 0.600. The van der Waals surface area contributed by atoms with Gasteiger partial charge in [-0.1, -0.05) is 30.3 Å². The van der Waals surface area contributed by atoms with Gasteiger partial charge >= 0.3 is 0 Å². The van der Waals surface area contributed by atoms with E-state index >= 15 is 0 Å². The zero-order chi connectivity index (χ0) is 11.7. The Bertz CT molecular complexity index is 376. The number of rotatable bonds is 1. The van der Waals surface area contributed by atoms with Crippen LogP contribution in [0.5, 0.6) is 0 Å². The first-order valence-electron chi connectivity index (χ1n) is 6.82. The van der Waals surface area contributed by atoms with Crippen LogP contribution in [0.2, 0.25) is 0 Å². The number of piperidine rings is 1. The molecule has 1 aromatic rings. The second-order valence-corrected chi connectivity index (χ2v) is 5.52. The third-order valence-electron chi connectivity index (χ3n) is 4.51. The van der Waals surface area contributed by atoms with Crippen molar-refractivity contribution >= 4 is 0 Å². The van der Waals surface area contributed by atoms with Gasteiger partial charge in [0.2, 0.25) is 0 Å². The Morgan fingerprint density at radius 1 is 1.12 bits per heavy atom. The van der Waals surface area contributed by atoms with Crippen LogP contribution < -0.4 is 5.32 Å². The quantitative estimate of drug-likeness (QED) is 0.778. The van der Waals surface area contributed by atoms with Gasteiger partial charge < -0.3 is 10.4 Å². The van der Waals surface area contributed by atoms with Crippen molar-refractivity contribution in [2.45, 2.75) is 43.7 Å². The van der Waals surface area contributed by atoms with Gasteiger partial charge in [0.1, 0.15) is 5.60 Å². The zero-order valence-electron chi connectivity index (χ0n) is 10.2. The van der Waals surface area contributed by atoms with Crippen LogP contribution in [0, 0.1) is 5.92 Å². The van der Waals surface area contributed by atoms with Crippen LogP contribution in [0.25, 0.3) is 0 Å². The van der Waals surface area contributed by atoms with Crippen molar-refractivity contribution in [1.82, 2.24) is 5.32 Å². The van der Waals surface area contributed by atoms with Crippen molar-refractivity contribution in [1.29, 1.82) is 0 Å². The molecule has 1 saturated heterocycles. The second-order valence-electron chi connectivity index (χ2n) is 5.52. The fourth-order valence-corrected chi connectivity index (χ4v) is 3.66. The molecule has 2 nitrogen and oxygen atoms in total. The zero-order valence-corrected chi connectivity index (χ0v) is 10.2. The van der Waals surface area contributed by atoms with Crippen molar-refractivity contribution in [3.05, 3.63) is 35.9 Å². The maximum absolute atomic E-state index is 11.1. The first-order valence-corrected chi connectivity index (χ1v) is 6.82. The van der Waals surface area contributed by atoms with E-state index in [1.54, 1.807) is 0 Å². The first kappa shape index (κ1) is 11.2. The molecule has 3 rings (SSSR count). The molecule has 0 aromatic heterocycles. The molecule has 2 N–H and O–H groups in total. The SMILES string of the molecule is OC1(c2ccccc2)CCCC2CCCNC21. The van der Waals surface area contributed by atoms with Gasteiger partial charge in [0.25, 0.3) is 0 Å². The van der Waals surface area contributed by atoms with Gasteiger partial charge in [-0.2, -0.15) is 0 Å². The second kappa shape index (κ2) is 4.43. The summed E-state index contributed by atoms with van der Waals surface area (Å²) in [6.45, 7) is 1.05. The molecule has 92 valence electrons. The molecular weight excluding hydrogens is 210 g/mol. The van der Waals surface area contributed by atoms with Gasteiger partial charge in [0.05, 0.1) is 0 Å². The van der Waals surface area contributed by atoms with Gasteiger partial charge in [0.15, 0.2) is 0 Å². The van der Waals surface area contributed by atoms with Crippen LogP contribution in [0.1, 0.15) is 37.7 Å². The number of aliphatic hydroxyl groups is 1.